The molecule has 0 aliphatic carbocycles. The Balaban J connectivity index is 1.75. The van der Waals surface area contributed by atoms with Gasteiger partial charge in [0, 0.05) is 31.3 Å². The summed E-state index contributed by atoms with van der Waals surface area (Å²) in [6.07, 6.45) is 6.88. The van der Waals surface area contributed by atoms with Gasteiger partial charge in [-0.3, -0.25) is 4.79 Å². The lowest BCUT2D eigenvalue weighted by atomic mass is 10.0. The molecule has 0 saturated carbocycles. The number of aromatic nitrogens is 1. The number of carbonyl (C=O) groups excluding carboxylic acids is 1. The fourth-order valence-electron chi connectivity index (χ4n) is 3.34. The smallest absolute Gasteiger partial charge is 0.255 e. The van der Waals surface area contributed by atoms with Crippen LogP contribution in [-0.4, -0.2) is 40.6 Å². The highest BCUT2D eigenvalue weighted by Gasteiger charge is 2.29. The van der Waals surface area contributed by atoms with Crippen LogP contribution in [0.4, 0.5) is 0 Å². The average molecular weight is 344 g/mol. The largest absolute Gasteiger partial charge is 0.481 e. The summed E-state index contributed by atoms with van der Waals surface area (Å²) in [5.41, 5.74) is 0.542. The van der Waals surface area contributed by atoms with Crippen molar-refractivity contribution in [3.8, 4) is 5.88 Å². The van der Waals surface area contributed by atoms with Gasteiger partial charge in [0.1, 0.15) is 11.9 Å². The summed E-state index contributed by atoms with van der Waals surface area (Å²) in [5, 5.41) is 10.4. The molecule has 1 amide bonds. The van der Waals surface area contributed by atoms with E-state index in [1.54, 1.807) is 43.8 Å². The summed E-state index contributed by atoms with van der Waals surface area (Å²) in [5.74, 6) is 0.980. The summed E-state index contributed by atoms with van der Waals surface area (Å²) >= 11 is 0. The Labute approximate surface area is 147 Å². The lowest BCUT2D eigenvalue weighted by Gasteiger charge is -2.31. The van der Waals surface area contributed by atoms with E-state index in [1.807, 2.05) is 4.90 Å². The van der Waals surface area contributed by atoms with Gasteiger partial charge in [0.05, 0.1) is 18.9 Å². The van der Waals surface area contributed by atoms with Crippen molar-refractivity contribution in [3.05, 3.63) is 48.0 Å². The molecule has 6 nitrogen and oxygen atoms in total. The maximum Gasteiger partial charge on any atom is 0.255 e. The number of pyridine rings is 1. The van der Waals surface area contributed by atoms with Gasteiger partial charge in [0.2, 0.25) is 5.88 Å². The fraction of sp³-hybridized carbons (Fsp3) is 0.474. The average Bonchev–Trinajstić information content (AvgIpc) is 3.09. The van der Waals surface area contributed by atoms with Gasteiger partial charge in [-0.2, -0.15) is 0 Å². The Morgan fingerprint density at radius 2 is 2.28 bits per heavy atom. The van der Waals surface area contributed by atoms with E-state index in [-0.39, 0.29) is 11.9 Å². The quantitative estimate of drug-likeness (QED) is 0.901. The first-order chi connectivity index (χ1) is 12.2. The Morgan fingerprint density at radius 3 is 2.96 bits per heavy atom. The topological polar surface area (TPSA) is 75.8 Å². The van der Waals surface area contributed by atoms with E-state index in [4.69, 9.17) is 9.15 Å². The molecule has 2 aromatic rings. The standard InChI is InChI=1S/C19H24N2O4/c1-24-18-9-8-14(13-20-18)19(23)21-10-4-2-3-6-15(21)12-16(22)17-7-5-11-25-17/h5,7-9,11,13,15-16,22H,2-4,6,10,12H2,1H3/t15-,16+/m1/s1. The van der Waals surface area contributed by atoms with Crippen molar-refractivity contribution in [2.45, 2.75) is 44.2 Å². The molecule has 3 heterocycles. The van der Waals surface area contributed by atoms with Crippen LogP contribution >= 0.6 is 0 Å². The Kier molecular flexibility index (Phi) is 5.71. The number of ether oxygens (including phenoxy) is 1. The minimum atomic E-state index is -0.706. The number of nitrogens with zero attached hydrogens (tertiary/aromatic N) is 2. The van der Waals surface area contributed by atoms with Crippen LogP contribution in [-0.2, 0) is 0 Å². The molecule has 2 atom stereocenters. The lowest BCUT2D eigenvalue weighted by molar-refractivity contribution is 0.0557. The van der Waals surface area contributed by atoms with Crippen molar-refractivity contribution in [1.29, 1.82) is 0 Å². The molecule has 0 unspecified atom stereocenters. The molecule has 2 aromatic heterocycles. The molecule has 0 radical (unpaired) electrons. The molecule has 0 spiro atoms. The van der Waals surface area contributed by atoms with E-state index < -0.39 is 6.10 Å². The van der Waals surface area contributed by atoms with Crippen molar-refractivity contribution in [2.75, 3.05) is 13.7 Å². The van der Waals surface area contributed by atoms with Gasteiger partial charge >= 0.3 is 0 Å². The van der Waals surface area contributed by atoms with Gasteiger partial charge in [0.15, 0.2) is 0 Å². The second-order valence-corrected chi connectivity index (χ2v) is 6.36. The molecule has 1 N–H and O–H groups in total. The predicted molar refractivity (Wildman–Crippen MR) is 92.4 cm³/mol. The van der Waals surface area contributed by atoms with E-state index in [0.717, 1.165) is 25.7 Å². The minimum absolute atomic E-state index is 0.0165. The number of hydrogen-bond donors (Lipinski definition) is 1. The van der Waals surface area contributed by atoms with Gasteiger partial charge in [-0.05, 0) is 31.0 Å². The molecule has 1 aliphatic heterocycles. The van der Waals surface area contributed by atoms with Crippen LogP contribution in [0, 0.1) is 0 Å². The molecule has 25 heavy (non-hydrogen) atoms. The van der Waals surface area contributed by atoms with Crippen LogP contribution in [0.15, 0.2) is 41.1 Å². The predicted octanol–water partition coefficient (Wildman–Crippen LogP) is 3.19. The summed E-state index contributed by atoms with van der Waals surface area (Å²) in [6.45, 7) is 0.695. The van der Waals surface area contributed by atoms with Crippen molar-refractivity contribution < 1.29 is 19.1 Å². The molecule has 1 fully saturated rings. The van der Waals surface area contributed by atoms with Crippen LogP contribution in [0.2, 0.25) is 0 Å². The highest BCUT2D eigenvalue weighted by molar-refractivity contribution is 5.94. The van der Waals surface area contributed by atoms with Crippen LogP contribution in [0.3, 0.4) is 0 Å². The number of likely N-dealkylation sites (tertiary alicyclic amines) is 1. The number of aliphatic hydroxyl groups excluding tert-OH is 1. The summed E-state index contributed by atoms with van der Waals surface area (Å²) in [7, 11) is 1.55. The van der Waals surface area contributed by atoms with Crippen LogP contribution in [0.1, 0.15) is 54.3 Å². The first-order valence-electron chi connectivity index (χ1n) is 8.71. The molecular weight excluding hydrogens is 320 g/mol. The minimum Gasteiger partial charge on any atom is -0.481 e. The molecule has 0 aromatic carbocycles. The maximum absolute atomic E-state index is 13.0. The third-order valence-corrected chi connectivity index (χ3v) is 4.70. The van der Waals surface area contributed by atoms with Crippen molar-refractivity contribution in [3.63, 3.8) is 0 Å². The van der Waals surface area contributed by atoms with Gasteiger partial charge in [-0.15, -0.1) is 0 Å². The van der Waals surface area contributed by atoms with E-state index in [2.05, 4.69) is 4.98 Å². The maximum atomic E-state index is 13.0. The van der Waals surface area contributed by atoms with E-state index in [9.17, 15) is 9.90 Å². The van der Waals surface area contributed by atoms with Crippen LogP contribution < -0.4 is 4.74 Å². The molecular formula is C19H24N2O4. The Morgan fingerprint density at radius 1 is 1.40 bits per heavy atom. The second-order valence-electron chi connectivity index (χ2n) is 6.36. The van der Waals surface area contributed by atoms with Gasteiger partial charge in [-0.25, -0.2) is 4.98 Å². The third kappa shape index (κ3) is 4.20. The first-order valence-corrected chi connectivity index (χ1v) is 8.71. The second kappa shape index (κ2) is 8.16. The third-order valence-electron chi connectivity index (χ3n) is 4.70. The highest BCUT2D eigenvalue weighted by Crippen LogP contribution is 2.28. The Hall–Kier alpha value is -2.34. The number of furan rings is 1. The first kappa shape index (κ1) is 17.5. The summed E-state index contributed by atoms with van der Waals surface area (Å²) < 4.78 is 10.3. The molecule has 3 rings (SSSR count). The fourth-order valence-corrected chi connectivity index (χ4v) is 3.34. The number of hydrogen-bond acceptors (Lipinski definition) is 5. The van der Waals surface area contributed by atoms with Crippen LogP contribution in [0.25, 0.3) is 0 Å². The van der Waals surface area contributed by atoms with E-state index >= 15 is 0 Å². The van der Waals surface area contributed by atoms with Gasteiger partial charge < -0.3 is 19.2 Å². The van der Waals surface area contributed by atoms with E-state index in [0.29, 0.717) is 30.2 Å². The Bertz CT molecular complexity index is 669. The highest BCUT2D eigenvalue weighted by atomic mass is 16.5. The van der Waals surface area contributed by atoms with E-state index in [1.165, 1.54) is 0 Å². The molecule has 1 saturated heterocycles. The zero-order valence-electron chi connectivity index (χ0n) is 14.4. The van der Waals surface area contributed by atoms with Gasteiger partial charge in [-0.1, -0.05) is 12.8 Å². The SMILES string of the molecule is COc1ccc(C(=O)N2CCCCC[C@@H]2C[C@H](O)c2ccco2)cn1. The normalized spacial score (nSPS) is 19.3. The summed E-state index contributed by atoms with van der Waals surface area (Å²) in [4.78, 5) is 19.0. The molecule has 1 aliphatic rings. The number of carbonyl (C=O) groups is 1. The van der Waals surface area contributed by atoms with Gasteiger partial charge in [0.25, 0.3) is 5.91 Å². The summed E-state index contributed by atoms with van der Waals surface area (Å²) in [6, 6.07) is 6.94. The molecule has 134 valence electrons. The van der Waals surface area contributed by atoms with Crippen molar-refractivity contribution in [2.24, 2.45) is 0 Å². The van der Waals surface area contributed by atoms with Crippen LogP contribution in [0.5, 0.6) is 5.88 Å². The number of rotatable bonds is 5. The number of methoxy groups -OCH3 is 1. The lowest BCUT2D eigenvalue weighted by Crippen LogP contribution is -2.41. The molecule has 6 heteroatoms. The molecule has 0 bridgehead atoms. The zero-order valence-corrected chi connectivity index (χ0v) is 14.4. The number of aliphatic hydroxyl groups is 1. The monoisotopic (exact) mass is 344 g/mol. The van der Waals surface area contributed by atoms with Crippen molar-refractivity contribution >= 4 is 5.91 Å². The number of amides is 1. The van der Waals surface area contributed by atoms with Crippen molar-refractivity contribution in [1.82, 2.24) is 9.88 Å². The zero-order chi connectivity index (χ0) is 17.6.